The summed E-state index contributed by atoms with van der Waals surface area (Å²) in [6, 6.07) is -0.984. The molecule has 0 radical (unpaired) electrons. The van der Waals surface area contributed by atoms with E-state index in [4.69, 9.17) is 0 Å². The summed E-state index contributed by atoms with van der Waals surface area (Å²) in [7, 11) is 0. The molecule has 0 fully saturated rings. The number of aliphatic hydroxyl groups is 4. The van der Waals surface area contributed by atoms with Crippen LogP contribution in [0.4, 0.5) is 0 Å². The van der Waals surface area contributed by atoms with E-state index in [1.165, 1.54) is 167 Å². The topological polar surface area (TPSA) is 110 Å². The Labute approximate surface area is 317 Å². The highest BCUT2D eigenvalue weighted by Crippen LogP contribution is 2.17. The molecular weight excluding hydrogens is 634 g/mol. The van der Waals surface area contributed by atoms with Crippen molar-refractivity contribution in [1.29, 1.82) is 0 Å². The summed E-state index contributed by atoms with van der Waals surface area (Å²) in [5.41, 5.74) is 0. The van der Waals surface area contributed by atoms with Gasteiger partial charge in [-0.1, -0.05) is 212 Å². The number of unbranched alkanes of at least 4 members (excludes halogenated alkanes) is 30. The van der Waals surface area contributed by atoms with Gasteiger partial charge in [0.1, 0.15) is 12.2 Å². The Morgan fingerprint density at radius 2 is 0.784 bits per heavy atom. The zero-order valence-electron chi connectivity index (χ0n) is 34.1. The molecule has 0 saturated carbocycles. The van der Waals surface area contributed by atoms with Crippen LogP contribution in [0, 0.1) is 0 Å². The molecular formula is C45H89NO5. The maximum absolute atomic E-state index is 12.5. The predicted molar refractivity (Wildman–Crippen MR) is 219 cm³/mol. The van der Waals surface area contributed by atoms with Gasteiger partial charge in [-0.2, -0.15) is 0 Å². The van der Waals surface area contributed by atoms with Crippen LogP contribution in [0.2, 0.25) is 0 Å². The maximum atomic E-state index is 12.5. The van der Waals surface area contributed by atoms with Crippen molar-refractivity contribution in [1.82, 2.24) is 5.32 Å². The SMILES string of the molecule is CCCCCCCCCCCC/C=C\CCCCCCCCC(O)C(=O)NC(CO)C(O)C(O)CCCCCCCCCCCCCCCCC. The van der Waals surface area contributed by atoms with Crippen LogP contribution in [0.1, 0.15) is 239 Å². The lowest BCUT2D eigenvalue weighted by Gasteiger charge is -2.27. The predicted octanol–water partition coefficient (Wildman–Crippen LogP) is 11.8. The van der Waals surface area contributed by atoms with Crippen LogP contribution in [-0.2, 0) is 4.79 Å². The lowest BCUT2D eigenvalue weighted by molar-refractivity contribution is -0.132. The normalized spacial score (nSPS) is 14.2. The van der Waals surface area contributed by atoms with Crippen molar-refractivity contribution in [2.24, 2.45) is 0 Å². The third-order valence-corrected chi connectivity index (χ3v) is 10.7. The highest BCUT2D eigenvalue weighted by Gasteiger charge is 2.28. The van der Waals surface area contributed by atoms with Gasteiger partial charge in [-0.3, -0.25) is 4.79 Å². The van der Waals surface area contributed by atoms with Gasteiger partial charge in [0, 0.05) is 0 Å². The van der Waals surface area contributed by atoms with E-state index in [0.29, 0.717) is 12.8 Å². The van der Waals surface area contributed by atoms with Crippen molar-refractivity contribution in [2.45, 2.75) is 263 Å². The van der Waals surface area contributed by atoms with E-state index in [2.05, 4.69) is 31.3 Å². The van der Waals surface area contributed by atoms with Crippen LogP contribution in [0.15, 0.2) is 12.2 Å². The Balaban J connectivity index is 3.72. The molecule has 4 atom stereocenters. The highest BCUT2D eigenvalue weighted by molar-refractivity contribution is 5.80. The molecule has 0 aliphatic rings. The van der Waals surface area contributed by atoms with Crippen molar-refractivity contribution in [2.75, 3.05) is 6.61 Å². The first-order valence-corrected chi connectivity index (χ1v) is 22.6. The lowest BCUT2D eigenvalue weighted by atomic mass is 9.99. The Bertz CT molecular complexity index is 731. The van der Waals surface area contributed by atoms with Gasteiger partial charge in [-0.15, -0.1) is 0 Å². The largest absolute Gasteiger partial charge is 0.394 e. The molecule has 304 valence electrons. The molecule has 0 aliphatic heterocycles. The maximum Gasteiger partial charge on any atom is 0.249 e. The first-order valence-electron chi connectivity index (χ1n) is 22.6. The third kappa shape index (κ3) is 34.6. The van der Waals surface area contributed by atoms with E-state index in [0.717, 1.165) is 44.9 Å². The Kier molecular flexibility index (Phi) is 39.5. The van der Waals surface area contributed by atoms with Crippen molar-refractivity contribution in [3.63, 3.8) is 0 Å². The fraction of sp³-hybridized carbons (Fsp3) is 0.933. The summed E-state index contributed by atoms with van der Waals surface area (Å²) in [4.78, 5) is 12.5. The number of hydrogen-bond acceptors (Lipinski definition) is 5. The third-order valence-electron chi connectivity index (χ3n) is 10.7. The number of amides is 1. The number of hydrogen-bond donors (Lipinski definition) is 5. The summed E-state index contributed by atoms with van der Waals surface area (Å²) in [5.74, 6) is -0.586. The monoisotopic (exact) mass is 724 g/mol. The van der Waals surface area contributed by atoms with Gasteiger partial charge >= 0.3 is 0 Å². The summed E-state index contributed by atoms with van der Waals surface area (Å²) in [5, 5.41) is 43.7. The van der Waals surface area contributed by atoms with Crippen molar-refractivity contribution in [3.05, 3.63) is 12.2 Å². The average molecular weight is 724 g/mol. The fourth-order valence-corrected chi connectivity index (χ4v) is 7.11. The Hall–Kier alpha value is -0.950. The molecule has 0 bridgehead atoms. The smallest absolute Gasteiger partial charge is 0.249 e. The van der Waals surface area contributed by atoms with E-state index >= 15 is 0 Å². The number of allylic oxidation sites excluding steroid dienone is 2. The molecule has 4 unspecified atom stereocenters. The minimum absolute atomic E-state index is 0.365. The minimum Gasteiger partial charge on any atom is -0.394 e. The summed E-state index contributed by atoms with van der Waals surface area (Å²) in [6.07, 6.45) is 43.8. The van der Waals surface area contributed by atoms with Crippen LogP contribution in [0.5, 0.6) is 0 Å². The first kappa shape index (κ1) is 50.1. The molecule has 6 nitrogen and oxygen atoms in total. The molecule has 1 amide bonds. The molecule has 0 aromatic rings. The number of aliphatic hydroxyl groups excluding tert-OH is 4. The second-order valence-corrected chi connectivity index (χ2v) is 15.8. The first-order chi connectivity index (χ1) is 25.0. The quantitative estimate of drug-likeness (QED) is 0.0319. The lowest BCUT2D eigenvalue weighted by Crippen LogP contribution is -2.53. The zero-order valence-corrected chi connectivity index (χ0v) is 34.1. The van der Waals surface area contributed by atoms with Crippen LogP contribution in [0.25, 0.3) is 0 Å². The molecule has 5 N–H and O–H groups in total. The van der Waals surface area contributed by atoms with Crippen LogP contribution in [0.3, 0.4) is 0 Å². The highest BCUT2D eigenvalue weighted by atomic mass is 16.3. The molecule has 0 aliphatic carbocycles. The second kappa shape index (κ2) is 40.2. The Morgan fingerprint density at radius 3 is 1.14 bits per heavy atom. The summed E-state index contributed by atoms with van der Waals surface area (Å²) < 4.78 is 0. The van der Waals surface area contributed by atoms with Crippen LogP contribution < -0.4 is 5.32 Å². The molecule has 6 heteroatoms. The molecule has 51 heavy (non-hydrogen) atoms. The number of rotatable bonds is 41. The van der Waals surface area contributed by atoms with E-state index in [1.807, 2.05) is 0 Å². The number of nitrogens with one attached hydrogen (secondary N) is 1. The van der Waals surface area contributed by atoms with Gasteiger partial charge in [0.25, 0.3) is 0 Å². The standard InChI is InChI=1S/C45H89NO5/c1-3-5-7-9-11-13-15-17-19-20-21-22-23-25-27-29-31-33-35-37-39-43(49)45(51)46-41(40-47)44(50)42(48)38-36-34-32-30-28-26-24-18-16-14-12-10-8-6-4-2/h22-23,41-44,47-50H,3-21,24-40H2,1-2H3,(H,46,51)/b23-22-. The van der Waals surface area contributed by atoms with Crippen LogP contribution >= 0.6 is 0 Å². The van der Waals surface area contributed by atoms with Gasteiger partial charge in [0.15, 0.2) is 0 Å². The minimum atomic E-state index is -1.26. The molecule has 0 rings (SSSR count). The van der Waals surface area contributed by atoms with E-state index in [1.54, 1.807) is 0 Å². The second-order valence-electron chi connectivity index (χ2n) is 15.8. The van der Waals surface area contributed by atoms with Crippen molar-refractivity contribution >= 4 is 5.91 Å². The number of carbonyl (C=O) groups is 1. The van der Waals surface area contributed by atoms with Crippen LogP contribution in [-0.4, -0.2) is 57.3 Å². The fourth-order valence-electron chi connectivity index (χ4n) is 7.11. The van der Waals surface area contributed by atoms with Gasteiger partial charge in [0.2, 0.25) is 5.91 Å². The zero-order chi connectivity index (χ0) is 37.5. The van der Waals surface area contributed by atoms with E-state index < -0.39 is 36.9 Å². The van der Waals surface area contributed by atoms with Gasteiger partial charge in [-0.25, -0.2) is 0 Å². The average Bonchev–Trinajstić information content (AvgIpc) is 3.13. The summed E-state index contributed by atoms with van der Waals surface area (Å²) in [6.45, 7) is 4.06. The molecule has 0 heterocycles. The molecule has 0 aromatic heterocycles. The van der Waals surface area contributed by atoms with E-state index in [-0.39, 0.29) is 0 Å². The van der Waals surface area contributed by atoms with Gasteiger partial charge in [0.05, 0.1) is 18.8 Å². The Morgan fingerprint density at radius 1 is 0.471 bits per heavy atom. The van der Waals surface area contributed by atoms with E-state index in [9.17, 15) is 25.2 Å². The molecule has 0 saturated heterocycles. The summed E-state index contributed by atoms with van der Waals surface area (Å²) >= 11 is 0. The van der Waals surface area contributed by atoms with Gasteiger partial charge in [-0.05, 0) is 38.5 Å². The van der Waals surface area contributed by atoms with Crippen molar-refractivity contribution < 1.29 is 25.2 Å². The van der Waals surface area contributed by atoms with Crippen molar-refractivity contribution in [3.8, 4) is 0 Å². The van der Waals surface area contributed by atoms with Gasteiger partial charge < -0.3 is 25.7 Å². The molecule has 0 aromatic carbocycles. The molecule has 0 spiro atoms. The number of carbonyl (C=O) groups excluding carboxylic acids is 1.